The van der Waals surface area contributed by atoms with Crippen molar-refractivity contribution >= 4 is 5.78 Å². The van der Waals surface area contributed by atoms with Crippen LogP contribution >= 0.6 is 0 Å². The molecule has 0 saturated carbocycles. The molecule has 0 aromatic heterocycles. The van der Waals surface area contributed by atoms with E-state index in [0.717, 1.165) is 19.3 Å². The van der Waals surface area contributed by atoms with Crippen LogP contribution in [-0.2, 0) is 9.53 Å². The molecule has 96 valence electrons. The van der Waals surface area contributed by atoms with E-state index in [9.17, 15) is 4.79 Å². The summed E-state index contributed by atoms with van der Waals surface area (Å²) in [4.78, 5) is 11.4. The van der Waals surface area contributed by atoms with Crippen molar-refractivity contribution in [3.63, 3.8) is 0 Å². The summed E-state index contributed by atoms with van der Waals surface area (Å²) in [7, 11) is 0. The molecule has 0 N–H and O–H groups in total. The Morgan fingerprint density at radius 3 is 2.65 bits per heavy atom. The van der Waals surface area contributed by atoms with Crippen molar-refractivity contribution in [2.75, 3.05) is 0 Å². The summed E-state index contributed by atoms with van der Waals surface area (Å²) in [6, 6.07) is 0. The van der Waals surface area contributed by atoms with E-state index in [-0.39, 0.29) is 18.0 Å². The first-order valence-electron chi connectivity index (χ1n) is 6.55. The molecule has 0 aliphatic carbocycles. The van der Waals surface area contributed by atoms with Gasteiger partial charge in [-0.1, -0.05) is 24.6 Å². The van der Waals surface area contributed by atoms with Crippen LogP contribution in [0.3, 0.4) is 0 Å². The highest BCUT2D eigenvalue weighted by Crippen LogP contribution is 2.22. The number of rotatable bonds is 5. The van der Waals surface area contributed by atoms with Crippen molar-refractivity contribution in [3.05, 3.63) is 23.3 Å². The minimum Gasteiger partial charge on any atom is -0.363 e. The van der Waals surface area contributed by atoms with E-state index in [1.807, 2.05) is 6.92 Å². The van der Waals surface area contributed by atoms with Gasteiger partial charge < -0.3 is 4.74 Å². The van der Waals surface area contributed by atoms with Crippen LogP contribution in [0.1, 0.15) is 53.4 Å². The summed E-state index contributed by atoms with van der Waals surface area (Å²) >= 11 is 0. The topological polar surface area (TPSA) is 26.3 Å². The predicted octanol–water partition coefficient (Wildman–Crippen LogP) is 3.82. The van der Waals surface area contributed by atoms with Gasteiger partial charge in [-0.05, 0) is 45.6 Å². The maximum Gasteiger partial charge on any atom is 0.164 e. The SMILES string of the molecule is CC/C=C(\C)CC/C=C(\C)C1CC(=O)C(C)O1. The lowest BCUT2D eigenvalue weighted by Gasteiger charge is -2.10. The van der Waals surface area contributed by atoms with E-state index in [0.29, 0.717) is 6.42 Å². The number of hydrogen-bond acceptors (Lipinski definition) is 2. The second-order valence-corrected chi connectivity index (χ2v) is 4.88. The van der Waals surface area contributed by atoms with Gasteiger partial charge >= 0.3 is 0 Å². The number of ketones is 1. The number of carbonyl (C=O) groups excluding carboxylic acids is 1. The molecule has 1 saturated heterocycles. The molecular weight excluding hydrogens is 212 g/mol. The molecule has 0 aromatic rings. The molecule has 2 nitrogen and oxygen atoms in total. The van der Waals surface area contributed by atoms with Crippen LogP contribution in [0.25, 0.3) is 0 Å². The normalized spacial score (nSPS) is 26.7. The molecule has 0 bridgehead atoms. The molecule has 0 radical (unpaired) electrons. The maximum atomic E-state index is 11.4. The number of carbonyl (C=O) groups is 1. The molecule has 0 amide bonds. The highest BCUT2D eigenvalue weighted by molar-refractivity contribution is 5.85. The van der Waals surface area contributed by atoms with Crippen molar-refractivity contribution in [2.45, 2.75) is 65.6 Å². The summed E-state index contributed by atoms with van der Waals surface area (Å²) in [5, 5.41) is 0. The molecule has 1 aliphatic rings. The minimum atomic E-state index is -0.218. The second-order valence-electron chi connectivity index (χ2n) is 4.88. The molecular formula is C15H24O2. The molecule has 1 fully saturated rings. The Morgan fingerprint density at radius 2 is 2.12 bits per heavy atom. The zero-order valence-electron chi connectivity index (χ0n) is 11.5. The zero-order valence-corrected chi connectivity index (χ0v) is 11.5. The summed E-state index contributed by atoms with van der Waals surface area (Å²) in [5.74, 6) is 0.227. The van der Waals surface area contributed by atoms with Gasteiger partial charge in [0.15, 0.2) is 5.78 Å². The Kier molecular flexibility index (Phi) is 5.63. The van der Waals surface area contributed by atoms with Gasteiger partial charge in [0.05, 0.1) is 6.10 Å². The minimum absolute atomic E-state index is 0.0213. The average molecular weight is 236 g/mol. The van der Waals surface area contributed by atoms with Crippen LogP contribution in [-0.4, -0.2) is 18.0 Å². The van der Waals surface area contributed by atoms with Gasteiger partial charge in [-0.2, -0.15) is 0 Å². The lowest BCUT2D eigenvalue weighted by Crippen LogP contribution is -2.10. The lowest BCUT2D eigenvalue weighted by molar-refractivity contribution is -0.121. The number of Topliss-reactive ketones (excluding diaryl/α,β-unsaturated/α-hetero) is 1. The van der Waals surface area contributed by atoms with Crippen molar-refractivity contribution < 1.29 is 9.53 Å². The summed E-state index contributed by atoms with van der Waals surface area (Å²) in [6.45, 7) is 8.23. The molecule has 17 heavy (non-hydrogen) atoms. The van der Waals surface area contributed by atoms with E-state index < -0.39 is 0 Å². The standard InChI is InChI=1S/C15H24O2/c1-5-7-11(2)8-6-9-12(3)15-10-14(16)13(4)17-15/h7,9,13,15H,5-6,8,10H2,1-4H3/b11-7+,12-9+. The van der Waals surface area contributed by atoms with Gasteiger partial charge in [0.1, 0.15) is 6.10 Å². The zero-order chi connectivity index (χ0) is 12.8. The third kappa shape index (κ3) is 4.47. The van der Waals surface area contributed by atoms with Gasteiger partial charge in [-0.3, -0.25) is 4.79 Å². The third-order valence-electron chi connectivity index (χ3n) is 3.27. The first kappa shape index (κ1) is 14.2. The molecule has 2 heteroatoms. The average Bonchev–Trinajstić information content (AvgIpc) is 2.59. The first-order valence-corrected chi connectivity index (χ1v) is 6.55. The first-order chi connectivity index (χ1) is 8.04. The molecule has 0 aromatic carbocycles. The van der Waals surface area contributed by atoms with E-state index >= 15 is 0 Å². The quantitative estimate of drug-likeness (QED) is 0.678. The molecule has 2 unspecified atom stereocenters. The van der Waals surface area contributed by atoms with Crippen molar-refractivity contribution in [3.8, 4) is 0 Å². The van der Waals surface area contributed by atoms with Crippen LogP contribution < -0.4 is 0 Å². The van der Waals surface area contributed by atoms with Crippen LogP contribution in [0.5, 0.6) is 0 Å². The molecule has 1 aliphatic heterocycles. The van der Waals surface area contributed by atoms with E-state index in [1.165, 1.54) is 11.1 Å². The molecule has 1 heterocycles. The van der Waals surface area contributed by atoms with Gasteiger partial charge in [0.25, 0.3) is 0 Å². The van der Waals surface area contributed by atoms with Crippen molar-refractivity contribution in [1.29, 1.82) is 0 Å². The van der Waals surface area contributed by atoms with E-state index in [4.69, 9.17) is 4.74 Å². The second kappa shape index (κ2) is 6.75. The Morgan fingerprint density at radius 1 is 1.41 bits per heavy atom. The fourth-order valence-electron chi connectivity index (χ4n) is 2.10. The smallest absolute Gasteiger partial charge is 0.164 e. The summed E-state index contributed by atoms with van der Waals surface area (Å²) in [5.41, 5.74) is 2.64. The van der Waals surface area contributed by atoms with Gasteiger partial charge in [-0.15, -0.1) is 0 Å². The summed E-state index contributed by atoms with van der Waals surface area (Å²) < 4.78 is 5.61. The molecule has 2 atom stereocenters. The Bertz CT molecular complexity index is 326. The fourth-order valence-corrected chi connectivity index (χ4v) is 2.10. The summed E-state index contributed by atoms with van der Waals surface area (Å²) in [6.07, 6.45) is 8.07. The Labute approximate surface area is 105 Å². The highest BCUT2D eigenvalue weighted by atomic mass is 16.5. The van der Waals surface area contributed by atoms with E-state index in [1.54, 1.807) is 0 Å². The Balaban J connectivity index is 2.40. The van der Waals surface area contributed by atoms with E-state index in [2.05, 4.69) is 32.9 Å². The van der Waals surface area contributed by atoms with Crippen molar-refractivity contribution in [1.82, 2.24) is 0 Å². The van der Waals surface area contributed by atoms with Crippen molar-refractivity contribution in [2.24, 2.45) is 0 Å². The van der Waals surface area contributed by atoms with Crippen LogP contribution in [0, 0.1) is 0 Å². The van der Waals surface area contributed by atoms with Gasteiger partial charge in [0, 0.05) is 6.42 Å². The highest BCUT2D eigenvalue weighted by Gasteiger charge is 2.30. The molecule has 0 spiro atoms. The van der Waals surface area contributed by atoms with Crippen LogP contribution in [0.4, 0.5) is 0 Å². The molecule has 1 rings (SSSR count). The van der Waals surface area contributed by atoms with Crippen LogP contribution in [0.2, 0.25) is 0 Å². The predicted molar refractivity (Wildman–Crippen MR) is 71.0 cm³/mol. The maximum absolute atomic E-state index is 11.4. The van der Waals surface area contributed by atoms with Crippen LogP contribution in [0.15, 0.2) is 23.3 Å². The largest absolute Gasteiger partial charge is 0.363 e. The Hall–Kier alpha value is -0.890. The number of hydrogen-bond donors (Lipinski definition) is 0. The fraction of sp³-hybridized carbons (Fsp3) is 0.667. The number of ether oxygens (including phenoxy) is 1. The lowest BCUT2D eigenvalue weighted by atomic mass is 10.0. The third-order valence-corrected chi connectivity index (χ3v) is 3.27. The van der Waals surface area contributed by atoms with Gasteiger partial charge in [0.2, 0.25) is 0 Å². The number of allylic oxidation sites excluding steroid dienone is 3. The van der Waals surface area contributed by atoms with Gasteiger partial charge in [-0.25, -0.2) is 0 Å². The monoisotopic (exact) mass is 236 g/mol.